The van der Waals surface area contributed by atoms with Crippen LogP contribution in [-0.2, 0) is 0 Å². The lowest BCUT2D eigenvalue weighted by Gasteiger charge is -2.05. The largest absolute Gasteiger partial charge is 0.389 e. The summed E-state index contributed by atoms with van der Waals surface area (Å²) < 4.78 is 0. The maximum absolute atomic E-state index is 5.61. The van der Waals surface area contributed by atoms with Crippen molar-refractivity contribution in [2.45, 2.75) is 13.8 Å². The Kier molecular flexibility index (Phi) is 3.30. The van der Waals surface area contributed by atoms with Crippen molar-refractivity contribution in [2.24, 2.45) is 5.73 Å². The van der Waals surface area contributed by atoms with Crippen LogP contribution in [0.1, 0.15) is 16.1 Å². The molecular weight excluding hydrogens is 254 g/mol. The summed E-state index contributed by atoms with van der Waals surface area (Å²) in [7, 11) is 0. The van der Waals surface area contributed by atoms with Crippen LogP contribution in [-0.4, -0.2) is 20.2 Å². The van der Waals surface area contributed by atoms with Gasteiger partial charge in [0.1, 0.15) is 4.99 Å². The second kappa shape index (κ2) is 4.72. The molecule has 0 aliphatic heterocycles. The first-order chi connectivity index (χ1) is 8.08. The molecule has 3 N–H and O–H groups in total. The lowest BCUT2D eigenvalue weighted by molar-refractivity contribution is 1.03. The number of rotatable bonds is 3. The Bertz CT molecular complexity index is 544. The number of aryl methyl sites for hydroxylation is 2. The number of nitrogens with one attached hydrogen (secondary N) is 1. The van der Waals surface area contributed by atoms with E-state index in [2.05, 4.69) is 20.5 Å². The summed E-state index contributed by atoms with van der Waals surface area (Å²) in [5, 5.41) is 11.6. The van der Waals surface area contributed by atoms with Crippen LogP contribution in [0, 0.1) is 13.8 Å². The molecular formula is C10H11N5S2. The van der Waals surface area contributed by atoms with Crippen LogP contribution in [0.3, 0.4) is 0 Å². The van der Waals surface area contributed by atoms with E-state index in [9.17, 15) is 0 Å². The van der Waals surface area contributed by atoms with E-state index in [1.165, 1.54) is 0 Å². The predicted octanol–water partition coefficient (Wildman–Crippen LogP) is 1.93. The minimum Gasteiger partial charge on any atom is -0.389 e. The van der Waals surface area contributed by atoms with E-state index >= 15 is 0 Å². The summed E-state index contributed by atoms with van der Waals surface area (Å²) in [6.07, 6.45) is 1.55. The molecule has 0 radical (unpaired) electrons. The van der Waals surface area contributed by atoms with E-state index in [1.807, 2.05) is 13.8 Å². The third kappa shape index (κ3) is 2.56. The third-order valence-electron chi connectivity index (χ3n) is 2.24. The monoisotopic (exact) mass is 265 g/mol. The van der Waals surface area contributed by atoms with Gasteiger partial charge < -0.3 is 11.1 Å². The first kappa shape index (κ1) is 11.9. The Morgan fingerprint density at radius 2 is 2.24 bits per heavy atom. The summed E-state index contributed by atoms with van der Waals surface area (Å²) in [5.41, 5.74) is 7.28. The van der Waals surface area contributed by atoms with Crippen LogP contribution < -0.4 is 11.1 Å². The van der Waals surface area contributed by atoms with Crippen LogP contribution in [0.5, 0.6) is 0 Å². The maximum atomic E-state index is 5.61. The highest BCUT2D eigenvalue weighted by molar-refractivity contribution is 7.80. The van der Waals surface area contributed by atoms with Gasteiger partial charge in [-0.3, -0.25) is 0 Å². The molecule has 0 fully saturated rings. The zero-order valence-electron chi connectivity index (χ0n) is 9.39. The fourth-order valence-electron chi connectivity index (χ4n) is 1.25. The molecule has 0 unspecified atom stereocenters. The molecule has 5 nitrogen and oxygen atoms in total. The molecule has 0 aliphatic rings. The Morgan fingerprint density at radius 1 is 1.47 bits per heavy atom. The highest BCUT2D eigenvalue weighted by Gasteiger charge is 2.10. The second-order valence-corrected chi connectivity index (χ2v) is 5.09. The maximum Gasteiger partial charge on any atom is 0.188 e. The van der Waals surface area contributed by atoms with Crippen molar-refractivity contribution >= 4 is 39.5 Å². The van der Waals surface area contributed by atoms with E-state index in [0.29, 0.717) is 11.4 Å². The van der Waals surface area contributed by atoms with Gasteiger partial charge in [0.2, 0.25) is 0 Å². The summed E-state index contributed by atoms with van der Waals surface area (Å²) in [6, 6.07) is 1.73. The number of aromatic nitrogens is 3. The van der Waals surface area contributed by atoms with E-state index < -0.39 is 0 Å². The first-order valence-corrected chi connectivity index (χ1v) is 6.13. The molecule has 7 heteroatoms. The molecule has 17 heavy (non-hydrogen) atoms. The van der Waals surface area contributed by atoms with Gasteiger partial charge >= 0.3 is 0 Å². The summed E-state index contributed by atoms with van der Waals surface area (Å²) in [6.45, 7) is 3.98. The SMILES string of the molecule is Cc1nc(Nc2nnccc2C(N)=S)sc1C. The average molecular weight is 265 g/mol. The number of hydrogen-bond acceptors (Lipinski definition) is 6. The van der Waals surface area contributed by atoms with Crippen LogP contribution in [0.2, 0.25) is 0 Å². The van der Waals surface area contributed by atoms with Crippen molar-refractivity contribution in [3.8, 4) is 0 Å². The number of hydrogen-bond donors (Lipinski definition) is 2. The molecule has 0 aromatic carbocycles. The van der Waals surface area contributed by atoms with Gasteiger partial charge in [-0.25, -0.2) is 4.98 Å². The Morgan fingerprint density at radius 3 is 2.82 bits per heavy atom. The molecule has 2 aromatic heterocycles. The minimum absolute atomic E-state index is 0.285. The van der Waals surface area contributed by atoms with E-state index in [1.54, 1.807) is 23.6 Å². The lowest BCUT2D eigenvalue weighted by atomic mass is 10.3. The van der Waals surface area contributed by atoms with Crippen LogP contribution in [0.15, 0.2) is 12.3 Å². The van der Waals surface area contributed by atoms with Crippen molar-refractivity contribution in [3.63, 3.8) is 0 Å². The molecule has 2 aromatic rings. The first-order valence-electron chi connectivity index (χ1n) is 4.90. The van der Waals surface area contributed by atoms with Crippen molar-refractivity contribution in [3.05, 3.63) is 28.4 Å². The smallest absolute Gasteiger partial charge is 0.188 e. The molecule has 0 spiro atoms. The number of thiazole rings is 1. The van der Waals surface area contributed by atoms with E-state index in [-0.39, 0.29) is 4.99 Å². The minimum atomic E-state index is 0.285. The highest BCUT2D eigenvalue weighted by atomic mass is 32.1. The molecule has 0 saturated carbocycles. The van der Waals surface area contributed by atoms with Crippen LogP contribution in [0.25, 0.3) is 0 Å². The van der Waals surface area contributed by atoms with Gasteiger partial charge in [0, 0.05) is 4.88 Å². The topological polar surface area (TPSA) is 76.7 Å². The fraction of sp³-hybridized carbons (Fsp3) is 0.200. The number of thiocarbonyl (C=S) groups is 1. The lowest BCUT2D eigenvalue weighted by Crippen LogP contribution is -2.13. The van der Waals surface area contributed by atoms with Gasteiger partial charge in [-0.1, -0.05) is 12.2 Å². The van der Waals surface area contributed by atoms with Gasteiger partial charge in [0.15, 0.2) is 10.9 Å². The molecule has 0 bridgehead atoms. The molecule has 0 atom stereocenters. The second-order valence-electron chi connectivity index (χ2n) is 3.44. The molecule has 0 amide bonds. The van der Waals surface area contributed by atoms with Crippen LogP contribution >= 0.6 is 23.6 Å². The Hall–Kier alpha value is -1.60. The third-order valence-corrected chi connectivity index (χ3v) is 3.45. The van der Waals surface area contributed by atoms with Gasteiger partial charge in [0.25, 0.3) is 0 Å². The molecule has 88 valence electrons. The number of anilines is 2. The van der Waals surface area contributed by atoms with E-state index in [4.69, 9.17) is 18.0 Å². The standard InChI is InChI=1S/C10H11N5S2/c1-5-6(2)17-10(13-5)14-9-7(8(11)16)3-4-12-15-9/h3-4H,1-2H3,(H2,11,16)(H,13,14,15). The molecule has 2 rings (SSSR count). The Balaban J connectivity index is 2.33. The zero-order chi connectivity index (χ0) is 12.4. The van der Waals surface area contributed by atoms with Crippen molar-refractivity contribution < 1.29 is 0 Å². The zero-order valence-corrected chi connectivity index (χ0v) is 11.0. The number of nitrogens with zero attached hydrogens (tertiary/aromatic N) is 3. The molecule has 0 aliphatic carbocycles. The fourth-order valence-corrected chi connectivity index (χ4v) is 2.23. The average Bonchev–Trinajstić information content (AvgIpc) is 2.58. The predicted molar refractivity (Wildman–Crippen MR) is 72.8 cm³/mol. The van der Waals surface area contributed by atoms with Gasteiger partial charge in [0.05, 0.1) is 17.5 Å². The van der Waals surface area contributed by atoms with Gasteiger partial charge in [-0.2, -0.15) is 5.10 Å². The summed E-state index contributed by atoms with van der Waals surface area (Å²) in [4.78, 5) is 5.81. The summed E-state index contributed by atoms with van der Waals surface area (Å²) >= 11 is 6.51. The normalized spacial score (nSPS) is 10.2. The summed E-state index contributed by atoms with van der Waals surface area (Å²) in [5.74, 6) is 0.536. The van der Waals surface area contributed by atoms with Crippen LogP contribution in [0.4, 0.5) is 10.9 Å². The van der Waals surface area contributed by atoms with Crippen molar-refractivity contribution in [2.75, 3.05) is 5.32 Å². The quantitative estimate of drug-likeness (QED) is 0.826. The van der Waals surface area contributed by atoms with Crippen molar-refractivity contribution in [1.29, 1.82) is 0 Å². The highest BCUT2D eigenvalue weighted by Crippen LogP contribution is 2.25. The van der Waals surface area contributed by atoms with Gasteiger partial charge in [-0.05, 0) is 19.9 Å². The van der Waals surface area contributed by atoms with Gasteiger partial charge in [-0.15, -0.1) is 16.4 Å². The van der Waals surface area contributed by atoms with E-state index in [0.717, 1.165) is 15.7 Å². The van der Waals surface area contributed by atoms with Crippen molar-refractivity contribution in [1.82, 2.24) is 15.2 Å². The molecule has 2 heterocycles. The molecule has 0 saturated heterocycles. The number of nitrogens with two attached hydrogens (primary N) is 1. The Labute approximate surface area is 108 Å².